The Labute approximate surface area is 189 Å². The van der Waals surface area contributed by atoms with Gasteiger partial charge >= 0.3 is 0 Å². The van der Waals surface area contributed by atoms with E-state index in [1.54, 1.807) is 6.20 Å². The van der Waals surface area contributed by atoms with Crippen LogP contribution in [0.2, 0.25) is 0 Å². The monoisotopic (exact) mass is 434 g/mol. The highest BCUT2D eigenvalue weighted by Crippen LogP contribution is 2.40. The lowest BCUT2D eigenvalue weighted by atomic mass is 9.75. The number of hydrogen-bond donors (Lipinski definition) is 0. The number of likely N-dealkylation sites (tertiary alicyclic amines) is 1. The van der Waals surface area contributed by atoms with Gasteiger partial charge in [-0.1, -0.05) is 36.4 Å². The van der Waals surface area contributed by atoms with Crippen molar-refractivity contribution in [2.45, 2.75) is 37.6 Å². The first-order valence-electron chi connectivity index (χ1n) is 11.2. The molecule has 168 valence electrons. The van der Waals surface area contributed by atoms with Gasteiger partial charge in [-0.05, 0) is 31.7 Å². The number of carbonyl (C=O) groups excluding carboxylic acids is 3. The predicted octanol–water partition coefficient (Wildman–Crippen LogP) is 1.87. The average molecular weight is 435 g/mol. The lowest BCUT2D eigenvalue weighted by Crippen LogP contribution is -2.53. The normalized spacial score (nSPS) is 24.2. The number of pyridine rings is 1. The Morgan fingerprint density at radius 1 is 1.09 bits per heavy atom. The van der Waals surface area contributed by atoms with Crippen molar-refractivity contribution < 1.29 is 14.4 Å². The molecular formula is C25H30N4O3. The highest BCUT2D eigenvalue weighted by Gasteiger charge is 2.54. The molecule has 7 heteroatoms. The van der Waals surface area contributed by atoms with Crippen LogP contribution >= 0.6 is 0 Å². The van der Waals surface area contributed by atoms with Crippen LogP contribution in [0.25, 0.3) is 0 Å². The first-order valence-corrected chi connectivity index (χ1v) is 11.2. The van der Waals surface area contributed by atoms with Gasteiger partial charge < -0.3 is 9.80 Å². The number of nitrogens with zero attached hydrogens (tertiary/aromatic N) is 4. The molecular weight excluding hydrogens is 404 g/mol. The Balaban J connectivity index is 1.57. The van der Waals surface area contributed by atoms with E-state index in [0.29, 0.717) is 19.5 Å². The summed E-state index contributed by atoms with van der Waals surface area (Å²) in [6, 6.07) is 15.2. The second kappa shape index (κ2) is 9.20. The summed E-state index contributed by atoms with van der Waals surface area (Å²) in [5.74, 6) is -0.573. The van der Waals surface area contributed by atoms with Crippen LogP contribution in [-0.4, -0.2) is 76.7 Å². The van der Waals surface area contributed by atoms with E-state index in [4.69, 9.17) is 0 Å². The van der Waals surface area contributed by atoms with Crippen molar-refractivity contribution in [2.24, 2.45) is 0 Å². The van der Waals surface area contributed by atoms with Gasteiger partial charge in [-0.3, -0.25) is 24.3 Å². The summed E-state index contributed by atoms with van der Waals surface area (Å²) in [6.07, 6.45) is 2.23. The van der Waals surface area contributed by atoms with E-state index in [1.807, 2.05) is 53.4 Å². The van der Waals surface area contributed by atoms with E-state index in [2.05, 4.69) is 23.9 Å². The molecule has 2 aromatic rings. The zero-order valence-electron chi connectivity index (χ0n) is 18.7. The fourth-order valence-corrected chi connectivity index (χ4v) is 4.67. The van der Waals surface area contributed by atoms with Gasteiger partial charge in [-0.2, -0.15) is 0 Å². The van der Waals surface area contributed by atoms with Crippen LogP contribution in [0.5, 0.6) is 0 Å². The summed E-state index contributed by atoms with van der Waals surface area (Å²) in [6.45, 7) is 4.43. The highest BCUT2D eigenvalue weighted by molar-refractivity contribution is 6.10. The molecule has 3 heterocycles. The predicted molar refractivity (Wildman–Crippen MR) is 121 cm³/mol. The molecule has 0 aliphatic carbocycles. The number of carbonyl (C=O) groups is 3. The van der Waals surface area contributed by atoms with Gasteiger partial charge in [0.05, 0.1) is 5.41 Å². The van der Waals surface area contributed by atoms with Crippen molar-refractivity contribution in [3.05, 3.63) is 66.0 Å². The van der Waals surface area contributed by atoms with Crippen LogP contribution in [-0.2, 0) is 26.2 Å². The van der Waals surface area contributed by atoms with Crippen molar-refractivity contribution >= 4 is 17.7 Å². The fourth-order valence-electron chi connectivity index (χ4n) is 4.67. The topological polar surface area (TPSA) is 73.8 Å². The second-order valence-corrected chi connectivity index (χ2v) is 8.89. The first-order chi connectivity index (χ1) is 15.4. The smallest absolute Gasteiger partial charge is 0.240 e. The van der Waals surface area contributed by atoms with Crippen LogP contribution in [0.4, 0.5) is 0 Å². The molecule has 2 aliphatic rings. The maximum absolute atomic E-state index is 13.7. The molecule has 3 amide bonds. The van der Waals surface area contributed by atoms with Crippen LogP contribution in [0.3, 0.4) is 0 Å². The average Bonchev–Trinajstić information content (AvgIpc) is 3.05. The number of imide groups is 1. The highest BCUT2D eigenvalue weighted by atomic mass is 16.2. The Bertz CT molecular complexity index is 981. The van der Waals surface area contributed by atoms with E-state index < -0.39 is 5.41 Å². The van der Waals surface area contributed by atoms with Crippen molar-refractivity contribution in [1.82, 2.24) is 19.7 Å². The van der Waals surface area contributed by atoms with E-state index in [9.17, 15) is 14.4 Å². The molecule has 0 N–H and O–H groups in total. The third-order valence-corrected chi connectivity index (χ3v) is 6.82. The SMILES string of the molecule is C[C@@H]1CN(C(=O)C[C@@]2(c3ccccc3)CC(=O)N(CCc3ccccn3)C2=O)CCN1C. The second-order valence-electron chi connectivity index (χ2n) is 8.89. The first kappa shape index (κ1) is 22.1. The van der Waals surface area contributed by atoms with E-state index in [-0.39, 0.29) is 43.1 Å². The van der Waals surface area contributed by atoms with E-state index in [1.165, 1.54) is 4.90 Å². The largest absolute Gasteiger partial charge is 0.340 e. The summed E-state index contributed by atoms with van der Waals surface area (Å²) in [5, 5.41) is 0. The van der Waals surface area contributed by atoms with Gasteiger partial charge in [0.15, 0.2) is 0 Å². The molecule has 2 fully saturated rings. The molecule has 7 nitrogen and oxygen atoms in total. The lowest BCUT2D eigenvalue weighted by Gasteiger charge is -2.39. The summed E-state index contributed by atoms with van der Waals surface area (Å²) in [4.78, 5) is 49.7. The lowest BCUT2D eigenvalue weighted by molar-refractivity contribution is -0.143. The standard InChI is InChI=1S/C25H30N4O3/c1-19-18-28(15-14-27(19)2)22(30)16-25(20-8-4-3-5-9-20)17-23(31)29(24(25)32)13-11-21-10-6-7-12-26-21/h3-10,12,19H,11,13-18H2,1-2H3/t19-,25+/m1/s1. The number of piperazine rings is 1. The summed E-state index contributed by atoms with van der Waals surface area (Å²) >= 11 is 0. The number of rotatable bonds is 6. The van der Waals surface area contributed by atoms with Crippen molar-refractivity contribution in [1.29, 1.82) is 0 Å². The van der Waals surface area contributed by atoms with Crippen LogP contribution < -0.4 is 0 Å². The van der Waals surface area contributed by atoms with Crippen molar-refractivity contribution in [3.8, 4) is 0 Å². The maximum Gasteiger partial charge on any atom is 0.240 e. The molecule has 0 bridgehead atoms. The Morgan fingerprint density at radius 2 is 1.84 bits per heavy atom. The van der Waals surface area contributed by atoms with E-state index in [0.717, 1.165) is 17.8 Å². The minimum atomic E-state index is -1.15. The minimum absolute atomic E-state index is 0.0120. The van der Waals surface area contributed by atoms with Crippen LogP contribution in [0.1, 0.15) is 31.0 Å². The van der Waals surface area contributed by atoms with Crippen molar-refractivity contribution in [3.63, 3.8) is 0 Å². The zero-order chi connectivity index (χ0) is 22.7. The number of benzene rings is 1. The molecule has 0 spiro atoms. The van der Waals surface area contributed by atoms with Gasteiger partial charge in [0.1, 0.15) is 0 Å². The van der Waals surface area contributed by atoms with Gasteiger partial charge in [0.25, 0.3) is 0 Å². The molecule has 2 saturated heterocycles. The van der Waals surface area contributed by atoms with Gasteiger partial charge in [-0.25, -0.2) is 0 Å². The molecule has 0 saturated carbocycles. The molecule has 1 aromatic carbocycles. The summed E-state index contributed by atoms with van der Waals surface area (Å²) < 4.78 is 0. The number of likely N-dealkylation sites (N-methyl/N-ethyl adjacent to an activating group) is 1. The fraction of sp³-hybridized carbons (Fsp3) is 0.440. The minimum Gasteiger partial charge on any atom is -0.340 e. The van der Waals surface area contributed by atoms with Gasteiger partial charge in [0.2, 0.25) is 17.7 Å². The number of hydrogen-bond acceptors (Lipinski definition) is 5. The molecule has 32 heavy (non-hydrogen) atoms. The maximum atomic E-state index is 13.7. The van der Waals surface area contributed by atoms with Gasteiger partial charge in [0, 0.05) is 63.4 Å². The third kappa shape index (κ3) is 4.30. The quantitative estimate of drug-likeness (QED) is 0.649. The van der Waals surface area contributed by atoms with Crippen molar-refractivity contribution in [2.75, 3.05) is 33.2 Å². The van der Waals surface area contributed by atoms with E-state index >= 15 is 0 Å². The Morgan fingerprint density at radius 3 is 2.53 bits per heavy atom. The van der Waals surface area contributed by atoms with Crippen LogP contribution in [0.15, 0.2) is 54.7 Å². The Hall–Kier alpha value is -3.06. The summed E-state index contributed by atoms with van der Waals surface area (Å²) in [7, 11) is 2.05. The Kier molecular flexibility index (Phi) is 6.37. The molecule has 4 rings (SSSR count). The zero-order valence-corrected chi connectivity index (χ0v) is 18.7. The number of amides is 3. The third-order valence-electron chi connectivity index (χ3n) is 6.82. The molecule has 2 atom stereocenters. The molecule has 0 radical (unpaired) electrons. The summed E-state index contributed by atoms with van der Waals surface area (Å²) in [5.41, 5.74) is 0.411. The molecule has 1 aromatic heterocycles. The van der Waals surface area contributed by atoms with Gasteiger partial charge in [-0.15, -0.1) is 0 Å². The number of aromatic nitrogens is 1. The molecule has 2 aliphatic heterocycles. The van der Waals surface area contributed by atoms with Crippen LogP contribution in [0, 0.1) is 0 Å². The molecule has 0 unspecified atom stereocenters.